The first-order valence-electron chi connectivity index (χ1n) is 14.7. The molecule has 4 aromatic carbocycles. The van der Waals surface area contributed by atoms with Crippen LogP contribution in [0.2, 0.25) is 0 Å². The van der Waals surface area contributed by atoms with Crippen LogP contribution in [0.1, 0.15) is 16.7 Å². The Bertz CT molecular complexity index is 1970. The highest BCUT2D eigenvalue weighted by Crippen LogP contribution is 2.39. The minimum atomic E-state index is -0.293. The fourth-order valence-electron chi connectivity index (χ4n) is 5.46. The van der Waals surface area contributed by atoms with E-state index in [2.05, 4.69) is 39.1 Å². The summed E-state index contributed by atoms with van der Waals surface area (Å²) in [4.78, 5) is 22.6. The van der Waals surface area contributed by atoms with Crippen molar-refractivity contribution in [2.45, 2.75) is 13.2 Å². The van der Waals surface area contributed by atoms with E-state index in [0.717, 1.165) is 33.3 Å². The minimum absolute atomic E-state index is 0.293. The molecule has 45 heavy (non-hydrogen) atoms. The minimum Gasteiger partial charge on any atom is -0.486 e. The number of amides is 1. The zero-order chi connectivity index (χ0) is 30.4. The Balaban J connectivity index is 1.32. The van der Waals surface area contributed by atoms with Crippen molar-refractivity contribution in [3.63, 3.8) is 0 Å². The van der Waals surface area contributed by atoms with Crippen LogP contribution in [0, 0.1) is 0 Å². The highest BCUT2D eigenvalue weighted by atomic mass is 16.6. The molecule has 3 heterocycles. The molecule has 8 nitrogen and oxygen atoms in total. The predicted octanol–water partition coefficient (Wildman–Crippen LogP) is 7.15. The largest absolute Gasteiger partial charge is 0.486 e. The van der Waals surface area contributed by atoms with Crippen molar-refractivity contribution in [1.82, 2.24) is 14.5 Å². The fourth-order valence-corrected chi connectivity index (χ4v) is 5.46. The van der Waals surface area contributed by atoms with Gasteiger partial charge in [-0.2, -0.15) is 0 Å². The zero-order valence-electron chi connectivity index (χ0n) is 24.4. The van der Waals surface area contributed by atoms with Gasteiger partial charge in [0.05, 0.1) is 11.1 Å². The lowest BCUT2D eigenvalue weighted by atomic mass is 10.0. The average Bonchev–Trinajstić information content (AvgIpc) is 3.41. The summed E-state index contributed by atoms with van der Waals surface area (Å²) in [5.41, 5.74) is 6.13. The van der Waals surface area contributed by atoms with E-state index in [-0.39, 0.29) is 5.91 Å². The molecule has 7 rings (SSSR count). The van der Waals surface area contributed by atoms with E-state index in [1.54, 1.807) is 18.2 Å². The summed E-state index contributed by atoms with van der Waals surface area (Å²) in [6.45, 7) is 1.87. The zero-order valence-corrected chi connectivity index (χ0v) is 24.4. The summed E-state index contributed by atoms with van der Waals surface area (Å²) in [6, 6.07) is 35.6. The summed E-state index contributed by atoms with van der Waals surface area (Å²) < 4.78 is 19.8. The number of benzene rings is 4. The van der Waals surface area contributed by atoms with Gasteiger partial charge in [-0.1, -0.05) is 91.0 Å². The Morgan fingerprint density at radius 1 is 0.822 bits per heavy atom. The highest BCUT2D eigenvalue weighted by molar-refractivity contribution is 6.06. The smallest absolute Gasteiger partial charge is 0.248 e. The van der Waals surface area contributed by atoms with Crippen LogP contribution in [0.15, 0.2) is 122 Å². The SMILES string of the molecule is O=C(/C=C/c1c(-c2ccccc2)n(Cc2ccccc2)c2ncnc(OCc3ccccc3)c12)Nc1ccc2c(c1)OCCO2. The molecular formula is C37H30N4O4. The summed E-state index contributed by atoms with van der Waals surface area (Å²) in [5.74, 6) is 1.42. The van der Waals surface area contributed by atoms with Gasteiger partial charge in [-0.15, -0.1) is 0 Å². The molecule has 0 bridgehead atoms. The predicted molar refractivity (Wildman–Crippen MR) is 174 cm³/mol. The number of aromatic nitrogens is 3. The maximum Gasteiger partial charge on any atom is 0.248 e. The number of carbonyl (C=O) groups is 1. The molecule has 2 aromatic heterocycles. The summed E-state index contributed by atoms with van der Waals surface area (Å²) in [6.07, 6.45) is 4.87. The van der Waals surface area contributed by atoms with E-state index in [1.807, 2.05) is 72.8 Å². The molecule has 0 aliphatic carbocycles. The number of nitrogens with one attached hydrogen (secondary N) is 1. The lowest BCUT2D eigenvalue weighted by Crippen LogP contribution is -2.16. The highest BCUT2D eigenvalue weighted by Gasteiger charge is 2.23. The summed E-state index contributed by atoms with van der Waals surface area (Å²) >= 11 is 0. The summed E-state index contributed by atoms with van der Waals surface area (Å²) in [7, 11) is 0. The van der Waals surface area contributed by atoms with E-state index < -0.39 is 0 Å². The fraction of sp³-hybridized carbons (Fsp3) is 0.108. The van der Waals surface area contributed by atoms with Gasteiger partial charge in [-0.05, 0) is 34.9 Å². The third-order valence-corrected chi connectivity index (χ3v) is 7.50. The van der Waals surface area contributed by atoms with E-state index in [4.69, 9.17) is 19.2 Å². The van der Waals surface area contributed by atoms with Crippen molar-refractivity contribution in [3.05, 3.63) is 138 Å². The van der Waals surface area contributed by atoms with Gasteiger partial charge in [0.25, 0.3) is 0 Å². The average molecular weight is 595 g/mol. The molecule has 0 unspecified atom stereocenters. The Morgan fingerprint density at radius 2 is 1.51 bits per heavy atom. The molecule has 0 spiro atoms. The van der Waals surface area contributed by atoms with Crippen molar-refractivity contribution in [3.8, 4) is 28.6 Å². The van der Waals surface area contributed by atoms with Crippen LogP contribution < -0.4 is 19.5 Å². The van der Waals surface area contributed by atoms with E-state index in [1.165, 1.54) is 12.4 Å². The standard InChI is InChI=1S/C37H30N4O4/c42-33(40-29-16-18-31-32(22-29)44-21-20-43-31)19-17-30-34-36(38-25-39-37(34)45-24-27-12-6-2-7-13-27)41(23-26-10-4-1-5-11-26)35(30)28-14-8-3-9-15-28/h1-19,22,25H,20-21,23-24H2,(H,40,42)/b19-17+. The van der Waals surface area contributed by atoms with Crippen LogP contribution in [0.5, 0.6) is 17.4 Å². The maximum absolute atomic E-state index is 13.3. The monoisotopic (exact) mass is 594 g/mol. The normalized spacial score (nSPS) is 12.4. The molecule has 1 aliphatic rings. The lowest BCUT2D eigenvalue weighted by molar-refractivity contribution is -0.111. The van der Waals surface area contributed by atoms with Crippen molar-refractivity contribution in [2.75, 3.05) is 18.5 Å². The molecular weight excluding hydrogens is 564 g/mol. The molecule has 0 saturated heterocycles. The van der Waals surface area contributed by atoms with E-state index >= 15 is 0 Å². The van der Waals surface area contributed by atoms with E-state index in [0.29, 0.717) is 55.1 Å². The molecule has 6 aromatic rings. The third-order valence-electron chi connectivity index (χ3n) is 7.50. The van der Waals surface area contributed by atoms with Crippen molar-refractivity contribution in [2.24, 2.45) is 0 Å². The van der Waals surface area contributed by atoms with Gasteiger partial charge in [0.1, 0.15) is 31.8 Å². The lowest BCUT2D eigenvalue weighted by Gasteiger charge is -2.18. The van der Waals surface area contributed by atoms with Gasteiger partial charge in [-0.3, -0.25) is 4.79 Å². The quantitative estimate of drug-likeness (QED) is 0.179. The number of ether oxygens (including phenoxy) is 3. The molecule has 0 fully saturated rings. The molecule has 1 amide bonds. The number of rotatable bonds is 9. The first-order valence-corrected chi connectivity index (χ1v) is 14.7. The van der Waals surface area contributed by atoms with Crippen molar-refractivity contribution in [1.29, 1.82) is 0 Å². The molecule has 0 atom stereocenters. The van der Waals surface area contributed by atoms with Gasteiger partial charge in [0, 0.05) is 29.9 Å². The second kappa shape index (κ2) is 12.8. The number of hydrogen-bond donors (Lipinski definition) is 1. The molecule has 0 radical (unpaired) electrons. The van der Waals surface area contributed by atoms with Gasteiger partial charge >= 0.3 is 0 Å². The number of carbonyl (C=O) groups excluding carboxylic acids is 1. The van der Waals surface area contributed by atoms with Crippen LogP contribution >= 0.6 is 0 Å². The van der Waals surface area contributed by atoms with Gasteiger partial charge in [-0.25, -0.2) is 9.97 Å². The van der Waals surface area contributed by atoms with Gasteiger partial charge in [0.15, 0.2) is 11.5 Å². The van der Waals surface area contributed by atoms with Crippen LogP contribution in [0.3, 0.4) is 0 Å². The van der Waals surface area contributed by atoms with Gasteiger partial charge < -0.3 is 24.1 Å². The van der Waals surface area contributed by atoms with Crippen LogP contribution in [0.4, 0.5) is 5.69 Å². The Labute approximate surface area is 260 Å². The van der Waals surface area contributed by atoms with Crippen LogP contribution in [0.25, 0.3) is 28.4 Å². The van der Waals surface area contributed by atoms with Gasteiger partial charge in [0.2, 0.25) is 11.8 Å². The Kier molecular flexibility index (Phi) is 7.92. The number of nitrogens with zero attached hydrogens (tertiary/aromatic N) is 3. The number of hydrogen-bond acceptors (Lipinski definition) is 6. The van der Waals surface area contributed by atoms with Crippen molar-refractivity contribution < 1.29 is 19.0 Å². The van der Waals surface area contributed by atoms with E-state index in [9.17, 15) is 4.79 Å². The Morgan fingerprint density at radius 3 is 2.27 bits per heavy atom. The Hall–Kier alpha value is -5.89. The molecule has 1 aliphatic heterocycles. The number of fused-ring (bicyclic) bond motifs is 2. The van der Waals surface area contributed by atoms with Crippen molar-refractivity contribution >= 4 is 28.7 Å². The van der Waals surface area contributed by atoms with Crippen LogP contribution in [-0.4, -0.2) is 33.7 Å². The molecule has 8 heteroatoms. The maximum atomic E-state index is 13.3. The second-order valence-corrected chi connectivity index (χ2v) is 10.5. The third kappa shape index (κ3) is 6.12. The second-order valence-electron chi connectivity index (χ2n) is 10.5. The molecule has 222 valence electrons. The number of anilines is 1. The molecule has 0 saturated carbocycles. The first kappa shape index (κ1) is 27.9. The topological polar surface area (TPSA) is 87.5 Å². The first-order chi connectivity index (χ1) is 22.2. The molecule has 1 N–H and O–H groups in total. The van der Waals surface area contributed by atoms with Crippen LogP contribution in [-0.2, 0) is 17.9 Å². The summed E-state index contributed by atoms with van der Waals surface area (Å²) in [5, 5.41) is 3.68.